The highest BCUT2D eigenvalue weighted by atomic mass is 14.4. The summed E-state index contributed by atoms with van der Waals surface area (Å²) in [5.74, 6) is 5.62. The molecule has 0 aromatic heterocycles. The molecule has 80 valence electrons. The quantitative estimate of drug-likeness (QED) is 0.538. The van der Waals surface area contributed by atoms with Crippen LogP contribution in [0.1, 0.15) is 58.3 Å². The summed E-state index contributed by atoms with van der Waals surface area (Å²) in [7, 11) is 0. The molecule has 0 nitrogen and oxygen atoms in total. The lowest BCUT2D eigenvalue weighted by molar-refractivity contribution is 0.126. The zero-order valence-corrected chi connectivity index (χ0v) is 9.54. The largest absolute Gasteiger partial charge is 0.0625 e. The molecule has 0 heterocycles. The molecule has 0 saturated heterocycles. The van der Waals surface area contributed by atoms with Gasteiger partial charge in [-0.15, -0.1) is 0 Å². The lowest BCUT2D eigenvalue weighted by Crippen LogP contribution is -2.27. The van der Waals surface area contributed by atoms with Gasteiger partial charge in [-0.25, -0.2) is 0 Å². The van der Waals surface area contributed by atoms with Gasteiger partial charge in [0.25, 0.3) is 0 Å². The second-order valence-corrected chi connectivity index (χ2v) is 6.35. The lowest BCUT2D eigenvalue weighted by atomic mass is 9.67. The second kappa shape index (κ2) is 3.54. The SMILES string of the molecule is CC1CC2CCC2CCC2CCC2C1. The third-order valence-corrected chi connectivity index (χ3v) is 5.47. The van der Waals surface area contributed by atoms with Gasteiger partial charge in [0, 0.05) is 0 Å². The summed E-state index contributed by atoms with van der Waals surface area (Å²) in [6.45, 7) is 2.51. The maximum absolute atomic E-state index is 2.51. The van der Waals surface area contributed by atoms with Gasteiger partial charge >= 0.3 is 0 Å². The first-order valence-electron chi connectivity index (χ1n) is 6.83. The van der Waals surface area contributed by atoms with E-state index in [2.05, 4.69) is 6.92 Å². The molecule has 0 bridgehead atoms. The van der Waals surface area contributed by atoms with Crippen molar-refractivity contribution in [1.29, 1.82) is 0 Å². The normalized spacial score (nSPS) is 52.5. The Hall–Kier alpha value is 0. The van der Waals surface area contributed by atoms with E-state index in [4.69, 9.17) is 0 Å². The van der Waals surface area contributed by atoms with Gasteiger partial charge in [0.05, 0.1) is 0 Å². The molecule has 3 saturated carbocycles. The molecule has 4 atom stereocenters. The Morgan fingerprint density at radius 3 is 1.29 bits per heavy atom. The number of hydrogen-bond donors (Lipinski definition) is 0. The van der Waals surface area contributed by atoms with Crippen molar-refractivity contribution in [1.82, 2.24) is 0 Å². The summed E-state index contributed by atoms with van der Waals surface area (Å²) in [6, 6.07) is 0. The van der Waals surface area contributed by atoms with E-state index in [0.29, 0.717) is 0 Å². The minimum absolute atomic E-state index is 1.04. The highest BCUT2D eigenvalue weighted by molar-refractivity contribution is 4.89. The Morgan fingerprint density at radius 2 is 0.929 bits per heavy atom. The molecule has 0 aromatic carbocycles. The molecule has 3 fully saturated rings. The summed E-state index contributed by atoms with van der Waals surface area (Å²) < 4.78 is 0. The molecule has 0 aromatic rings. The van der Waals surface area contributed by atoms with Crippen LogP contribution in [0.15, 0.2) is 0 Å². The van der Waals surface area contributed by atoms with Crippen LogP contribution in [0.5, 0.6) is 0 Å². The van der Waals surface area contributed by atoms with E-state index in [1.54, 1.807) is 51.4 Å². The Labute approximate surface area is 88.5 Å². The van der Waals surface area contributed by atoms with Gasteiger partial charge < -0.3 is 0 Å². The van der Waals surface area contributed by atoms with Crippen LogP contribution >= 0.6 is 0 Å². The van der Waals surface area contributed by atoms with Gasteiger partial charge in [-0.05, 0) is 81.0 Å². The smallest absolute Gasteiger partial charge is 0.0383 e. The monoisotopic (exact) mass is 192 g/mol. The second-order valence-electron chi connectivity index (χ2n) is 6.35. The van der Waals surface area contributed by atoms with Crippen molar-refractivity contribution in [2.45, 2.75) is 58.3 Å². The highest BCUT2D eigenvalue weighted by Gasteiger charge is 2.38. The van der Waals surface area contributed by atoms with Crippen LogP contribution in [-0.2, 0) is 0 Å². The van der Waals surface area contributed by atoms with Crippen LogP contribution in [-0.4, -0.2) is 0 Å². The molecule has 0 N–H and O–H groups in total. The minimum Gasteiger partial charge on any atom is -0.0625 e. The van der Waals surface area contributed by atoms with E-state index >= 15 is 0 Å². The standard InChI is InChI=1S/C14H24/c1-10-8-13-6-4-11(13)2-3-12-5-7-14(12)9-10/h10-14H,2-9H2,1H3. The van der Waals surface area contributed by atoms with Crippen molar-refractivity contribution < 1.29 is 0 Å². The maximum Gasteiger partial charge on any atom is -0.0383 e. The summed E-state index contributed by atoms with van der Waals surface area (Å²) in [4.78, 5) is 0. The summed E-state index contributed by atoms with van der Waals surface area (Å²) in [5, 5.41) is 0. The molecule has 0 amide bonds. The van der Waals surface area contributed by atoms with Gasteiger partial charge in [-0.1, -0.05) is 6.92 Å². The topological polar surface area (TPSA) is 0 Å². The van der Waals surface area contributed by atoms with Crippen molar-refractivity contribution in [3.05, 3.63) is 0 Å². The average Bonchev–Trinajstić information content (AvgIpc) is 2.14. The van der Waals surface area contributed by atoms with Gasteiger partial charge in [0.15, 0.2) is 0 Å². The Kier molecular flexibility index (Phi) is 2.34. The van der Waals surface area contributed by atoms with E-state index in [9.17, 15) is 0 Å². The summed E-state index contributed by atoms with van der Waals surface area (Å²) in [5.41, 5.74) is 0. The van der Waals surface area contributed by atoms with E-state index < -0.39 is 0 Å². The van der Waals surface area contributed by atoms with E-state index in [1.807, 2.05) is 0 Å². The molecule has 14 heavy (non-hydrogen) atoms. The number of hydrogen-bond acceptors (Lipinski definition) is 0. The van der Waals surface area contributed by atoms with Gasteiger partial charge in [-0.3, -0.25) is 0 Å². The Bertz CT molecular complexity index is 186. The van der Waals surface area contributed by atoms with Crippen molar-refractivity contribution in [2.75, 3.05) is 0 Å². The minimum atomic E-state index is 1.04. The maximum atomic E-state index is 2.51. The fourth-order valence-electron chi connectivity index (χ4n) is 4.21. The molecular weight excluding hydrogens is 168 g/mol. The van der Waals surface area contributed by atoms with E-state index in [1.165, 1.54) is 0 Å². The average molecular weight is 192 g/mol. The van der Waals surface area contributed by atoms with Crippen molar-refractivity contribution >= 4 is 0 Å². The predicted molar refractivity (Wildman–Crippen MR) is 60.1 cm³/mol. The zero-order chi connectivity index (χ0) is 9.54. The molecule has 4 unspecified atom stereocenters. The van der Waals surface area contributed by atoms with Gasteiger partial charge in [0.1, 0.15) is 0 Å². The Morgan fingerprint density at radius 1 is 0.571 bits per heavy atom. The fraction of sp³-hybridized carbons (Fsp3) is 1.00. The zero-order valence-electron chi connectivity index (χ0n) is 9.54. The summed E-state index contributed by atoms with van der Waals surface area (Å²) >= 11 is 0. The molecule has 0 heteroatoms. The van der Waals surface area contributed by atoms with Crippen molar-refractivity contribution in [3.63, 3.8) is 0 Å². The number of fused-ring (bicyclic) bond motifs is 2. The number of rotatable bonds is 0. The van der Waals surface area contributed by atoms with Crippen LogP contribution in [0.3, 0.4) is 0 Å². The van der Waals surface area contributed by atoms with Crippen molar-refractivity contribution in [3.8, 4) is 0 Å². The molecule has 3 rings (SSSR count). The van der Waals surface area contributed by atoms with Crippen LogP contribution < -0.4 is 0 Å². The van der Waals surface area contributed by atoms with Crippen LogP contribution in [0, 0.1) is 29.6 Å². The molecule has 3 aliphatic rings. The highest BCUT2D eigenvalue weighted by Crippen LogP contribution is 2.49. The van der Waals surface area contributed by atoms with Crippen LogP contribution in [0.2, 0.25) is 0 Å². The van der Waals surface area contributed by atoms with Crippen molar-refractivity contribution in [2.24, 2.45) is 29.6 Å². The third-order valence-electron chi connectivity index (χ3n) is 5.47. The third kappa shape index (κ3) is 1.51. The first-order chi connectivity index (χ1) is 6.83. The molecule has 0 spiro atoms. The molecular formula is C14H24. The molecule has 0 aliphatic heterocycles. The van der Waals surface area contributed by atoms with Gasteiger partial charge in [0.2, 0.25) is 0 Å². The summed E-state index contributed by atoms with van der Waals surface area (Å²) in [6.07, 6.45) is 12.5. The molecule has 3 aliphatic carbocycles. The lowest BCUT2D eigenvalue weighted by Gasteiger charge is -2.38. The van der Waals surface area contributed by atoms with E-state index in [-0.39, 0.29) is 0 Å². The Balaban J connectivity index is 1.66. The van der Waals surface area contributed by atoms with E-state index in [0.717, 1.165) is 29.6 Å². The predicted octanol–water partition coefficient (Wildman–Crippen LogP) is 4.25. The van der Waals surface area contributed by atoms with Crippen LogP contribution in [0.4, 0.5) is 0 Å². The first kappa shape index (κ1) is 9.24. The van der Waals surface area contributed by atoms with Crippen LogP contribution in [0.25, 0.3) is 0 Å². The molecule has 0 radical (unpaired) electrons. The van der Waals surface area contributed by atoms with Gasteiger partial charge in [-0.2, -0.15) is 0 Å². The fourth-order valence-corrected chi connectivity index (χ4v) is 4.21. The first-order valence-corrected chi connectivity index (χ1v) is 6.83.